The van der Waals surface area contributed by atoms with Crippen LogP contribution in [0.1, 0.15) is 31.0 Å². The highest BCUT2D eigenvalue weighted by Crippen LogP contribution is 2.33. The molecule has 1 fully saturated rings. The number of thiazole rings is 1. The SMILES string of the molecule is CC1(C)COC(CC(=O)O)CN1Cc1csc(C(F)(F)F)n1. The van der Waals surface area contributed by atoms with E-state index in [1.165, 1.54) is 5.38 Å². The maximum Gasteiger partial charge on any atom is 0.443 e. The van der Waals surface area contributed by atoms with E-state index in [4.69, 9.17) is 9.84 Å². The molecule has 0 spiro atoms. The fourth-order valence-electron chi connectivity index (χ4n) is 2.26. The predicted octanol–water partition coefficient (Wildman–Crippen LogP) is 2.62. The number of ether oxygens (including phenoxy) is 1. The van der Waals surface area contributed by atoms with Gasteiger partial charge >= 0.3 is 12.1 Å². The highest BCUT2D eigenvalue weighted by molar-refractivity contribution is 7.09. The van der Waals surface area contributed by atoms with Crippen molar-refractivity contribution in [2.24, 2.45) is 0 Å². The lowest BCUT2D eigenvalue weighted by atomic mass is 9.99. The normalized spacial score (nSPS) is 22.7. The Morgan fingerprint density at radius 2 is 2.27 bits per heavy atom. The molecule has 0 amide bonds. The van der Waals surface area contributed by atoms with E-state index in [0.717, 1.165) is 0 Å². The molecule has 0 radical (unpaired) electrons. The van der Waals surface area contributed by atoms with Gasteiger partial charge in [-0.05, 0) is 13.8 Å². The van der Waals surface area contributed by atoms with Crippen molar-refractivity contribution in [2.75, 3.05) is 13.2 Å². The smallest absolute Gasteiger partial charge is 0.443 e. The van der Waals surface area contributed by atoms with Crippen molar-refractivity contribution < 1.29 is 27.8 Å². The minimum absolute atomic E-state index is 0.128. The molecule has 1 N–H and O–H groups in total. The van der Waals surface area contributed by atoms with Gasteiger partial charge in [0.05, 0.1) is 24.8 Å². The maximum absolute atomic E-state index is 12.6. The third-order valence-corrected chi connectivity index (χ3v) is 4.44. The van der Waals surface area contributed by atoms with Gasteiger partial charge < -0.3 is 9.84 Å². The highest BCUT2D eigenvalue weighted by atomic mass is 32.1. The molecular weight excluding hydrogens is 321 g/mol. The van der Waals surface area contributed by atoms with Crippen LogP contribution < -0.4 is 0 Å². The number of hydrogen-bond donors (Lipinski definition) is 1. The van der Waals surface area contributed by atoms with Crippen LogP contribution in [-0.2, 0) is 22.3 Å². The number of nitrogens with zero attached hydrogens (tertiary/aromatic N) is 2. The number of carboxylic acids is 1. The second-order valence-corrected chi connectivity index (χ2v) is 6.72. The van der Waals surface area contributed by atoms with Gasteiger partial charge in [-0.1, -0.05) is 0 Å². The summed E-state index contributed by atoms with van der Waals surface area (Å²) in [6, 6.07) is 0. The number of carboxylic acid groups (broad SMARTS) is 1. The first-order chi connectivity index (χ1) is 10.1. The van der Waals surface area contributed by atoms with Crippen LogP contribution >= 0.6 is 11.3 Å². The molecule has 9 heteroatoms. The molecule has 2 rings (SSSR count). The Morgan fingerprint density at radius 3 is 2.82 bits per heavy atom. The molecule has 0 aromatic carbocycles. The molecule has 1 aromatic heterocycles. The van der Waals surface area contributed by atoms with Gasteiger partial charge in [-0.15, -0.1) is 11.3 Å². The van der Waals surface area contributed by atoms with Crippen molar-refractivity contribution in [1.29, 1.82) is 0 Å². The van der Waals surface area contributed by atoms with E-state index in [9.17, 15) is 18.0 Å². The van der Waals surface area contributed by atoms with Crippen molar-refractivity contribution >= 4 is 17.3 Å². The Hall–Kier alpha value is -1.19. The minimum Gasteiger partial charge on any atom is -0.481 e. The molecule has 1 aliphatic rings. The summed E-state index contributed by atoms with van der Waals surface area (Å²) in [6.45, 7) is 4.71. The van der Waals surface area contributed by atoms with Crippen LogP contribution in [0.2, 0.25) is 0 Å². The zero-order valence-electron chi connectivity index (χ0n) is 12.2. The highest BCUT2D eigenvalue weighted by Gasteiger charge is 2.38. The van der Waals surface area contributed by atoms with Gasteiger partial charge in [-0.2, -0.15) is 13.2 Å². The average molecular weight is 338 g/mol. The monoisotopic (exact) mass is 338 g/mol. The number of aliphatic carboxylic acids is 1. The molecule has 0 aliphatic carbocycles. The first-order valence-corrected chi connectivity index (χ1v) is 7.56. The molecule has 124 valence electrons. The summed E-state index contributed by atoms with van der Waals surface area (Å²) in [5, 5.41) is 9.35. The molecule has 1 aliphatic heterocycles. The molecule has 1 unspecified atom stereocenters. The van der Waals surface area contributed by atoms with Gasteiger partial charge in [-0.3, -0.25) is 9.69 Å². The van der Waals surface area contributed by atoms with E-state index in [1.54, 1.807) is 0 Å². The summed E-state index contributed by atoms with van der Waals surface area (Å²) >= 11 is 0.569. The second-order valence-electron chi connectivity index (χ2n) is 5.87. The van der Waals surface area contributed by atoms with Crippen LogP contribution in [0.25, 0.3) is 0 Å². The number of carbonyl (C=O) groups is 1. The Balaban J connectivity index is 2.08. The molecule has 1 saturated heterocycles. The fraction of sp³-hybridized carbons (Fsp3) is 0.692. The van der Waals surface area contributed by atoms with Gasteiger partial charge in [0.15, 0.2) is 5.01 Å². The Bertz CT molecular complexity index is 545. The van der Waals surface area contributed by atoms with E-state index < -0.39 is 28.8 Å². The van der Waals surface area contributed by atoms with E-state index in [0.29, 0.717) is 30.2 Å². The lowest BCUT2D eigenvalue weighted by Crippen LogP contribution is -2.55. The number of halogens is 3. The van der Waals surface area contributed by atoms with E-state index in [1.807, 2.05) is 18.7 Å². The van der Waals surface area contributed by atoms with Gasteiger partial charge in [0.25, 0.3) is 0 Å². The largest absolute Gasteiger partial charge is 0.481 e. The topological polar surface area (TPSA) is 62.7 Å². The lowest BCUT2D eigenvalue weighted by molar-refractivity contribution is -0.148. The third-order valence-electron chi connectivity index (χ3n) is 3.50. The van der Waals surface area contributed by atoms with Crippen LogP contribution in [0.15, 0.2) is 5.38 Å². The first kappa shape index (κ1) is 17.2. The van der Waals surface area contributed by atoms with Gasteiger partial charge in [0.1, 0.15) is 0 Å². The Labute approximate surface area is 129 Å². The predicted molar refractivity (Wildman–Crippen MR) is 73.6 cm³/mol. The summed E-state index contributed by atoms with van der Waals surface area (Å²) in [5.41, 5.74) is -0.0572. The van der Waals surface area contributed by atoms with Crippen molar-refractivity contribution in [1.82, 2.24) is 9.88 Å². The van der Waals surface area contributed by atoms with E-state index >= 15 is 0 Å². The maximum atomic E-state index is 12.6. The number of aromatic nitrogens is 1. The second kappa shape index (κ2) is 6.13. The Kier molecular flexibility index (Phi) is 4.78. The quantitative estimate of drug-likeness (QED) is 0.914. The van der Waals surface area contributed by atoms with Crippen molar-refractivity contribution in [3.8, 4) is 0 Å². The first-order valence-electron chi connectivity index (χ1n) is 6.68. The average Bonchev–Trinajstić information content (AvgIpc) is 2.81. The van der Waals surface area contributed by atoms with E-state index in [-0.39, 0.29) is 13.0 Å². The lowest BCUT2D eigenvalue weighted by Gasteiger charge is -2.44. The molecule has 1 atom stereocenters. The van der Waals surface area contributed by atoms with Crippen LogP contribution in [0.3, 0.4) is 0 Å². The van der Waals surface area contributed by atoms with Gasteiger partial charge in [0, 0.05) is 24.0 Å². The summed E-state index contributed by atoms with van der Waals surface area (Å²) in [4.78, 5) is 16.3. The van der Waals surface area contributed by atoms with Crippen molar-refractivity contribution in [3.63, 3.8) is 0 Å². The number of rotatable bonds is 4. The number of hydrogen-bond acceptors (Lipinski definition) is 5. The van der Waals surface area contributed by atoms with Crippen LogP contribution in [0.5, 0.6) is 0 Å². The molecule has 5 nitrogen and oxygen atoms in total. The van der Waals surface area contributed by atoms with Crippen molar-refractivity contribution in [2.45, 2.75) is 44.6 Å². The number of alkyl halides is 3. The molecule has 2 heterocycles. The third kappa shape index (κ3) is 4.17. The summed E-state index contributed by atoms with van der Waals surface area (Å²) in [7, 11) is 0. The zero-order valence-corrected chi connectivity index (χ0v) is 13.0. The molecular formula is C13H17F3N2O3S. The van der Waals surface area contributed by atoms with Gasteiger partial charge in [0.2, 0.25) is 0 Å². The standard InChI is InChI=1S/C13H17F3N2O3S/c1-12(2)7-21-9(3-10(19)20)5-18(12)4-8-6-22-11(17-8)13(14,15)16/h6,9H,3-5,7H2,1-2H3,(H,19,20). The summed E-state index contributed by atoms with van der Waals surface area (Å²) in [5.74, 6) is -0.960. The van der Waals surface area contributed by atoms with Crippen LogP contribution in [-0.4, -0.2) is 45.8 Å². The van der Waals surface area contributed by atoms with Crippen molar-refractivity contribution in [3.05, 3.63) is 16.1 Å². The molecule has 0 saturated carbocycles. The molecule has 22 heavy (non-hydrogen) atoms. The van der Waals surface area contributed by atoms with Crippen LogP contribution in [0, 0.1) is 0 Å². The number of morpholine rings is 1. The fourth-order valence-corrected chi connectivity index (χ4v) is 2.94. The Morgan fingerprint density at radius 1 is 1.59 bits per heavy atom. The van der Waals surface area contributed by atoms with Crippen LogP contribution in [0.4, 0.5) is 13.2 Å². The summed E-state index contributed by atoms with van der Waals surface area (Å²) in [6.07, 6.45) is -5.03. The summed E-state index contributed by atoms with van der Waals surface area (Å²) < 4.78 is 43.3. The van der Waals surface area contributed by atoms with E-state index in [2.05, 4.69) is 4.98 Å². The van der Waals surface area contributed by atoms with Gasteiger partial charge in [-0.25, -0.2) is 4.98 Å². The minimum atomic E-state index is -4.44. The molecule has 1 aromatic rings. The zero-order chi connectivity index (χ0) is 16.5. The molecule has 0 bridgehead atoms.